The Hall–Kier alpha value is -2.01. The lowest BCUT2D eigenvalue weighted by atomic mass is 10.1. The Balaban J connectivity index is 2.18. The molecule has 1 aromatic carbocycles. The molecule has 5 heteroatoms. The number of carbonyl (C=O) groups is 1. The first-order chi connectivity index (χ1) is 8.97. The Morgan fingerprint density at radius 1 is 1.26 bits per heavy atom. The lowest BCUT2D eigenvalue weighted by molar-refractivity contribution is 0.0974. The van der Waals surface area contributed by atoms with E-state index in [1.54, 1.807) is 4.68 Å². The van der Waals surface area contributed by atoms with Crippen LogP contribution in [-0.2, 0) is 0 Å². The summed E-state index contributed by atoms with van der Waals surface area (Å²) < 4.78 is 1.56. The summed E-state index contributed by atoms with van der Waals surface area (Å²) in [7, 11) is 0. The van der Waals surface area contributed by atoms with Crippen LogP contribution in [0.25, 0.3) is 5.69 Å². The van der Waals surface area contributed by atoms with Crippen LogP contribution in [0.5, 0.6) is 0 Å². The molecule has 1 heterocycles. The van der Waals surface area contributed by atoms with Crippen molar-refractivity contribution in [3.8, 4) is 5.69 Å². The first kappa shape index (κ1) is 13.4. The molecule has 5 nitrogen and oxygen atoms in total. The Bertz CT molecular complexity index is 554. The zero-order valence-electron chi connectivity index (χ0n) is 11.4. The molecule has 0 saturated carbocycles. The van der Waals surface area contributed by atoms with Gasteiger partial charge in [-0.15, -0.1) is 5.10 Å². The molecule has 2 rings (SSSR count). The summed E-state index contributed by atoms with van der Waals surface area (Å²) in [6.45, 7) is 6.33. The molecule has 1 aromatic heterocycles. The van der Waals surface area contributed by atoms with Gasteiger partial charge >= 0.3 is 0 Å². The number of aromatic nitrogens is 3. The van der Waals surface area contributed by atoms with Crippen molar-refractivity contribution in [1.82, 2.24) is 20.3 Å². The molecule has 0 atom stereocenters. The minimum atomic E-state index is -0.0965. The van der Waals surface area contributed by atoms with Gasteiger partial charge < -0.3 is 5.32 Å². The second kappa shape index (κ2) is 5.32. The minimum absolute atomic E-state index is 0.0243. The lowest BCUT2D eigenvalue weighted by Crippen LogP contribution is -2.39. The fourth-order valence-corrected chi connectivity index (χ4v) is 1.62. The van der Waals surface area contributed by atoms with E-state index in [2.05, 4.69) is 15.6 Å². The van der Waals surface area contributed by atoms with Crippen LogP contribution >= 0.6 is 0 Å². The predicted molar refractivity (Wildman–Crippen MR) is 73.4 cm³/mol. The molecule has 19 heavy (non-hydrogen) atoms. The van der Waals surface area contributed by atoms with Gasteiger partial charge in [-0.05, 0) is 32.9 Å². The van der Waals surface area contributed by atoms with E-state index in [4.69, 9.17) is 0 Å². The monoisotopic (exact) mass is 258 g/mol. The van der Waals surface area contributed by atoms with Crippen molar-refractivity contribution in [2.24, 2.45) is 0 Å². The maximum absolute atomic E-state index is 12.2. The molecule has 0 saturated heterocycles. The quantitative estimate of drug-likeness (QED) is 0.850. The van der Waals surface area contributed by atoms with Gasteiger partial charge in [0.15, 0.2) is 5.78 Å². The highest BCUT2D eigenvalue weighted by atomic mass is 16.1. The smallest absolute Gasteiger partial charge is 0.196 e. The summed E-state index contributed by atoms with van der Waals surface area (Å²) in [6.07, 6.45) is 1.50. The van der Waals surface area contributed by atoms with Gasteiger partial charge in [0, 0.05) is 5.54 Å². The Kier molecular flexibility index (Phi) is 3.76. The van der Waals surface area contributed by atoms with Crippen molar-refractivity contribution in [2.75, 3.05) is 6.54 Å². The molecule has 0 aliphatic rings. The van der Waals surface area contributed by atoms with Crippen molar-refractivity contribution in [1.29, 1.82) is 0 Å². The van der Waals surface area contributed by atoms with Crippen molar-refractivity contribution >= 4 is 5.78 Å². The van der Waals surface area contributed by atoms with Crippen LogP contribution in [0.3, 0.4) is 0 Å². The van der Waals surface area contributed by atoms with E-state index in [0.717, 1.165) is 5.69 Å². The van der Waals surface area contributed by atoms with E-state index >= 15 is 0 Å². The standard InChI is InChI=1S/C14H18N4O/c1-14(2,3)15-10-13(19)12-9-16-17-18(12)11-7-5-4-6-8-11/h4-9,15H,10H2,1-3H3. The normalized spacial score (nSPS) is 11.5. The highest BCUT2D eigenvalue weighted by molar-refractivity contribution is 5.96. The number of nitrogens with zero attached hydrogens (tertiary/aromatic N) is 3. The largest absolute Gasteiger partial charge is 0.305 e. The fraction of sp³-hybridized carbons (Fsp3) is 0.357. The lowest BCUT2D eigenvalue weighted by Gasteiger charge is -2.19. The van der Waals surface area contributed by atoms with Crippen molar-refractivity contribution in [3.05, 3.63) is 42.2 Å². The number of hydrogen-bond donors (Lipinski definition) is 1. The van der Waals surface area contributed by atoms with Crippen LogP contribution < -0.4 is 5.32 Å². The first-order valence-electron chi connectivity index (χ1n) is 6.22. The number of Topliss-reactive ketones (excluding diaryl/α,β-unsaturated/α-hetero) is 1. The fourth-order valence-electron chi connectivity index (χ4n) is 1.62. The SMILES string of the molecule is CC(C)(C)NCC(=O)c1cnnn1-c1ccccc1. The van der Waals surface area contributed by atoms with Crippen LogP contribution in [0.15, 0.2) is 36.5 Å². The maximum atomic E-state index is 12.2. The molecule has 0 amide bonds. The van der Waals surface area contributed by atoms with E-state index in [9.17, 15) is 4.79 Å². The zero-order chi connectivity index (χ0) is 13.9. The average Bonchev–Trinajstić information content (AvgIpc) is 2.85. The van der Waals surface area contributed by atoms with Gasteiger partial charge in [-0.25, -0.2) is 4.68 Å². The molecule has 0 aliphatic heterocycles. The Labute approximate surface area is 112 Å². The van der Waals surface area contributed by atoms with Gasteiger partial charge in [0.05, 0.1) is 18.4 Å². The van der Waals surface area contributed by atoms with Crippen LogP contribution in [0, 0.1) is 0 Å². The van der Waals surface area contributed by atoms with E-state index in [1.807, 2.05) is 51.1 Å². The molecule has 0 unspecified atom stereocenters. The van der Waals surface area contributed by atoms with Crippen molar-refractivity contribution in [2.45, 2.75) is 26.3 Å². The molecular weight excluding hydrogens is 240 g/mol. The number of rotatable bonds is 4. The second-order valence-corrected chi connectivity index (χ2v) is 5.39. The molecule has 0 bridgehead atoms. The van der Waals surface area contributed by atoms with Crippen molar-refractivity contribution in [3.63, 3.8) is 0 Å². The summed E-state index contributed by atoms with van der Waals surface area (Å²) in [5.41, 5.74) is 1.22. The van der Waals surface area contributed by atoms with Crippen LogP contribution in [0.4, 0.5) is 0 Å². The predicted octanol–water partition coefficient (Wildman–Crippen LogP) is 1.84. The second-order valence-electron chi connectivity index (χ2n) is 5.39. The topological polar surface area (TPSA) is 59.8 Å². The van der Waals surface area contributed by atoms with E-state index in [-0.39, 0.29) is 17.9 Å². The molecule has 0 fully saturated rings. The van der Waals surface area contributed by atoms with Crippen LogP contribution in [-0.4, -0.2) is 32.9 Å². The molecule has 0 spiro atoms. The third kappa shape index (κ3) is 3.48. The first-order valence-corrected chi connectivity index (χ1v) is 6.22. The Morgan fingerprint density at radius 2 is 1.95 bits per heavy atom. The van der Waals surface area contributed by atoms with Gasteiger partial charge in [0.25, 0.3) is 0 Å². The van der Waals surface area contributed by atoms with Gasteiger partial charge in [0.2, 0.25) is 0 Å². The Morgan fingerprint density at radius 3 is 2.58 bits per heavy atom. The summed E-state index contributed by atoms with van der Waals surface area (Å²) in [5, 5.41) is 11.0. The average molecular weight is 258 g/mol. The van der Waals surface area contributed by atoms with Crippen molar-refractivity contribution < 1.29 is 4.79 Å². The summed E-state index contributed by atoms with van der Waals surface area (Å²) in [4.78, 5) is 12.2. The molecule has 0 radical (unpaired) electrons. The molecule has 1 N–H and O–H groups in total. The van der Waals surface area contributed by atoms with E-state index in [0.29, 0.717) is 5.69 Å². The third-order valence-electron chi connectivity index (χ3n) is 2.62. The van der Waals surface area contributed by atoms with Gasteiger partial charge in [-0.1, -0.05) is 23.4 Å². The summed E-state index contributed by atoms with van der Waals surface area (Å²) in [5.74, 6) is -0.0243. The zero-order valence-corrected chi connectivity index (χ0v) is 11.4. The van der Waals surface area contributed by atoms with Gasteiger partial charge in [-0.3, -0.25) is 4.79 Å². The highest BCUT2D eigenvalue weighted by Crippen LogP contribution is 2.09. The number of benzene rings is 1. The highest BCUT2D eigenvalue weighted by Gasteiger charge is 2.17. The van der Waals surface area contributed by atoms with Crippen LogP contribution in [0.2, 0.25) is 0 Å². The van der Waals surface area contributed by atoms with E-state index < -0.39 is 0 Å². The molecule has 2 aromatic rings. The van der Waals surface area contributed by atoms with E-state index in [1.165, 1.54) is 6.20 Å². The van der Waals surface area contributed by atoms with Gasteiger partial charge in [-0.2, -0.15) is 0 Å². The number of nitrogens with one attached hydrogen (secondary N) is 1. The summed E-state index contributed by atoms with van der Waals surface area (Å²) in [6, 6.07) is 9.51. The molecule has 100 valence electrons. The van der Waals surface area contributed by atoms with Crippen LogP contribution in [0.1, 0.15) is 31.3 Å². The molecular formula is C14H18N4O. The minimum Gasteiger partial charge on any atom is -0.305 e. The maximum Gasteiger partial charge on any atom is 0.196 e. The number of para-hydroxylation sites is 1. The third-order valence-corrected chi connectivity index (χ3v) is 2.62. The van der Waals surface area contributed by atoms with Gasteiger partial charge in [0.1, 0.15) is 5.69 Å². The summed E-state index contributed by atoms with van der Waals surface area (Å²) >= 11 is 0. The number of ketones is 1. The number of carbonyl (C=O) groups excluding carboxylic acids is 1. The molecule has 0 aliphatic carbocycles. The number of hydrogen-bond acceptors (Lipinski definition) is 4.